The first-order valence-corrected chi connectivity index (χ1v) is 11.5. The summed E-state index contributed by atoms with van der Waals surface area (Å²) in [6.45, 7) is 9.15. The van der Waals surface area contributed by atoms with Crippen LogP contribution in [-0.4, -0.2) is 45.3 Å². The number of esters is 1. The van der Waals surface area contributed by atoms with Gasteiger partial charge in [-0.15, -0.1) is 0 Å². The first kappa shape index (κ1) is 21.0. The van der Waals surface area contributed by atoms with Crippen LogP contribution in [0.25, 0.3) is 0 Å². The van der Waals surface area contributed by atoms with Crippen molar-refractivity contribution in [2.45, 2.75) is 65.3 Å². The summed E-state index contributed by atoms with van der Waals surface area (Å²) in [5.41, 5.74) is 6.99. The van der Waals surface area contributed by atoms with Gasteiger partial charge in [-0.3, -0.25) is 4.68 Å². The molecule has 1 aliphatic heterocycles. The Bertz CT molecular complexity index is 958. The second-order valence-corrected chi connectivity index (χ2v) is 8.92. The molecule has 6 heteroatoms. The standard InChI is InChI=1S/C24H31N3O2S/c1-4-29-24(28)23-20-9-6-10-21(20)27(25-23)15-22(30)26-13-11-18(12-14-26)19-8-5-7-16(2)17(19)3/h5,7-8,18H,4,6,9-15H2,1-3H3. The number of benzene rings is 1. The summed E-state index contributed by atoms with van der Waals surface area (Å²) in [5, 5.41) is 4.60. The molecule has 2 aromatic rings. The van der Waals surface area contributed by atoms with Crippen molar-refractivity contribution in [1.29, 1.82) is 0 Å². The predicted molar refractivity (Wildman–Crippen MR) is 122 cm³/mol. The Labute approximate surface area is 184 Å². The molecule has 2 heterocycles. The molecule has 0 radical (unpaired) electrons. The van der Waals surface area contributed by atoms with E-state index >= 15 is 0 Å². The number of hydrogen-bond acceptors (Lipinski definition) is 4. The van der Waals surface area contributed by atoms with Gasteiger partial charge in [0.1, 0.15) is 0 Å². The molecule has 0 spiro atoms. The second kappa shape index (κ2) is 8.88. The number of ether oxygens (including phenoxy) is 1. The van der Waals surface area contributed by atoms with Gasteiger partial charge in [-0.05, 0) is 75.5 Å². The number of fused-ring (bicyclic) bond motifs is 1. The predicted octanol–water partition coefficient (Wildman–Crippen LogP) is 4.37. The van der Waals surface area contributed by atoms with E-state index in [4.69, 9.17) is 17.0 Å². The smallest absolute Gasteiger partial charge is 0.359 e. The van der Waals surface area contributed by atoms with E-state index in [-0.39, 0.29) is 5.97 Å². The molecular formula is C24H31N3O2S. The zero-order chi connectivity index (χ0) is 21.3. The van der Waals surface area contributed by atoms with Crippen LogP contribution in [0.15, 0.2) is 18.2 Å². The highest BCUT2D eigenvalue weighted by atomic mass is 32.1. The van der Waals surface area contributed by atoms with E-state index in [1.807, 2.05) is 11.6 Å². The summed E-state index contributed by atoms with van der Waals surface area (Å²) in [7, 11) is 0. The van der Waals surface area contributed by atoms with Crippen molar-refractivity contribution in [3.63, 3.8) is 0 Å². The summed E-state index contributed by atoms with van der Waals surface area (Å²) in [4.78, 5) is 15.5. The average molecular weight is 426 g/mol. The lowest BCUT2D eigenvalue weighted by molar-refractivity contribution is 0.0517. The van der Waals surface area contributed by atoms with E-state index in [2.05, 4.69) is 42.0 Å². The van der Waals surface area contributed by atoms with Crippen LogP contribution in [0.3, 0.4) is 0 Å². The maximum Gasteiger partial charge on any atom is 0.359 e. The van der Waals surface area contributed by atoms with Gasteiger partial charge in [-0.1, -0.05) is 30.4 Å². The van der Waals surface area contributed by atoms with E-state index < -0.39 is 0 Å². The van der Waals surface area contributed by atoms with Gasteiger partial charge in [-0.25, -0.2) is 4.79 Å². The Balaban J connectivity index is 1.42. The van der Waals surface area contributed by atoms with Crippen LogP contribution in [-0.2, 0) is 24.1 Å². The lowest BCUT2D eigenvalue weighted by Gasteiger charge is -2.34. The molecule has 0 amide bonds. The van der Waals surface area contributed by atoms with Gasteiger partial charge < -0.3 is 9.64 Å². The molecule has 0 unspecified atom stereocenters. The van der Waals surface area contributed by atoms with Gasteiger partial charge in [-0.2, -0.15) is 5.10 Å². The van der Waals surface area contributed by atoms with Gasteiger partial charge in [0.05, 0.1) is 18.1 Å². The van der Waals surface area contributed by atoms with Gasteiger partial charge in [0.2, 0.25) is 0 Å². The van der Waals surface area contributed by atoms with Gasteiger partial charge in [0, 0.05) is 24.3 Å². The topological polar surface area (TPSA) is 47.4 Å². The molecule has 1 aromatic carbocycles. The monoisotopic (exact) mass is 425 g/mol. The fourth-order valence-electron chi connectivity index (χ4n) is 4.89. The molecule has 0 bridgehead atoms. The van der Waals surface area contributed by atoms with Crippen LogP contribution in [0.2, 0.25) is 0 Å². The highest BCUT2D eigenvalue weighted by molar-refractivity contribution is 7.80. The molecule has 2 aliphatic rings. The molecule has 5 nitrogen and oxygen atoms in total. The maximum atomic E-state index is 12.3. The van der Waals surface area contributed by atoms with Crippen LogP contribution in [0, 0.1) is 13.8 Å². The number of carbonyl (C=O) groups excluding carboxylic acids is 1. The number of carbonyl (C=O) groups is 1. The third-order valence-electron chi connectivity index (χ3n) is 6.69. The van der Waals surface area contributed by atoms with E-state index in [1.54, 1.807) is 0 Å². The van der Waals surface area contributed by atoms with E-state index in [0.29, 0.717) is 24.8 Å². The largest absolute Gasteiger partial charge is 0.461 e. The summed E-state index contributed by atoms with van der Waals surface area (Å²) in [5.74, 6) is 0.294. The molecule has 0 atom stereocenters. The molecular weight excluding hydrogens is 394 g/mol. The first-order chi connectivity index (χ1) is 14.5. The van der Waals surface area contributed by atoms with Crippen molar-refractivity contribution in [2.24, 2.45) is 0 Å². The van der Waals surface area contributed by atoms with Crippen molar-refractivity contribution >= 4 is 23.2 Å². The zero-order valence-electron chi connectivity index (χ0n) is 18.2. The Morgan fingerprint density at radius 2 is 2.00 bits per heavy atom. The van der Waals surface area contributed by atoms with Gasteiger partial charge in [0.15, 0.2) is 5.69 Å². The minimum Gasteiger partial charge on any atom is -0.461 e. The minimum absolute atomic E-state index is 0.311. The van der Waals surface area contributed by atoms with Crippen LogP contribution in [0.1, 0.15) is 70.5 Å². The second-order valence-electron chi connectivity index (χ2n) is 8.45. The summed E-state index contributed by atoms with van der Waals surface area (Å²) >= 11 is 5.80. The third-order valence-corrected chi connectivity index (χ3v) is 7.08. The number of likely N-dealkylation sites (tertiary alicyclic amines) is 1. The number of thiocarbonyl (C=S) groups is 1. The Hall–Kier alpha value is -2.21. The van der Waals surface area contributed by atoms with Gasteiger partial charge in [0.25, 0.3) is 0 Å². The van der Waals surface area contributed by atoms with Crippen molar-refractivity contribution in [2.75, 3.05) is 19.7 Å². The quantitative estimate of drug-likeness (QED) is 0.526. The highest BCUT2D eigenvalue weighted by Crippen LogP contribution is 2.32. The molecule has 1 saturated heterocycles. The zero-order valence-corrected chi connectivity index (χ0v) is 19.1. The number of piperidine rings is 1. The maximum absolute atomic E-state index is 12.3. The Kier molecular flexibility index (Phi) is 6.23. The van der Waals surface area contributed by atoms with E-state index in [9.17, 15) is 4.79 Å². The average Bonchev–Trinajstić information content (AvgIpc) is 3.34. The van der Waals surface area contributed by atoms with Gasteiger partial charge >= 0.3 is 5.97 Å². The molecule has 0 saturated carbocycles. The fraction of sp³-hybridized carbons (Fsp3) is 0.542. The van der Waals surface area contributed by atoms with Crippen LogP contribution in [0.5, 0.6) is 0 Å². The van der Waals surface area contributed by atoms with Crippen molar-refractivity contribution in [3.8, 4) is 0 Å². The summed E-state index contributed by atoms with van der Waals surface area (Å²) in [6.07, 6.45) is 5.16. The molecule has 1 aliphatic carbocycles. The number of aromatic nitrogens is 2. The van der Waals surface area contributed by atoms with Crippen molar-refractivity contribution in [3.05, 3.63) is 51.8 Å². The Morgan fingerprint density at radius 1 is 1.23 bits per heavy atom. The first-order valence-electron chi connectivity index (χ1n) is 11.1. The van der Waals surface area contributed by atoms with Crippen LogP contribution < -0.4 is 0 Å². The number of nitrogens with zero attached hydrogens (tertiary/aromatic N) is 3. The van der Waals surface area contributed by atoms with Crippen molar-refractivity contribution in [1.82, 2.24) is 14.7 Å². The molecule has 160 valence electrons. The number of rotatable bonds is 5. The minimum atomic E-state index is -0.311. The molecule has 1 fully saturated rings. The summed E-state index contributed by atoms with van der Waals surface area (Å²) < 4.78 is 7.15. The Morgan fingerprint density at radius 3 is 2.73 bits per heavy atom. The molecule has 30 heavy (non-hydrogen) atoms. The summed E-state index contributed by atoms with van der Waals surface area (Å²) in [6, 6.07) is 6.65. The molecule has 0 N–H and O–H groups in total. The lowest BCUT2D eigenvalue weighted by atomic mass is 9.85. The van der Waals surface area contributed by atoms with E-state index in [0.717, 1.165) is 61.4 Å². The third kappa shape index (κ3) is 4.02. The van der Waals surface area contributed by atoms with E-state index in [1.165, 1.54) is 16.7 Å². The van der Waals surface area contributed by atoms with Crippen molar-refractivity contribution < 1.29 is 9.53 Å². The van der Waals surface area contributed by atoms with Crippen LogP contribution >= 0.6 is 12.2 Å². The molecule has 1 aromatic heterocycles. The number of hydrogen-bond donors (Lipinski definition) is 0. The number of aryl methyl sites for hydroxylation is 1. The lowest BCUT2D eigenvalue weighted by Crippen LogP contribution is -2.39. The van der Waals surface area contributed by atoms with Crippen LogP contribution in [0.4, 0.5) is 0 Å². The highest BCUT2D eigenvalue weighted by Gasteiger charge is 2.29. The molecule has 4 rings (SSSR count). The normalized spacial score (nSPS) is 16.6. The fourth-order valence-corrected chi connectivity index (χ4v) is 5.19. The SMILES string of the molecule is CCOC(=O)c1nn(CC(=S)N2CCC(c3cccc(C)c3C)CC2)c2c1CCC2.